The Kier molecular flexibility index (Phi) is 5.95. The van der Waals surface area contributed by atoms with E-state index in [0.717, 1.165) is 6.07 Å². The molecule has 2 aromatic carbocycles. The van der Waals surface area contributed by atoms with Gasteiger partial charge in [-0.15, -0.1) is 0 Å². The Hall–Kier alpha value is -3.95. The van der Waals surface area contributed by atoms with Crippen molar-refractivity contribution in [3.8, 4) is 5.75 Å². The molecule has 0 radical (unpaired) electrons. The van der Waals surface area contributed by atoms with Crippen molar-refractivity contribution >= 4 is 34.8 Å². The highest BCUT2D eigenvalue weighted by Crippen LogP contribution is 2.31. The van der Waals surface area contributed by atoms with Crippen molar-refractivity contribution < 1.29 is 28.8 Å². The number of anilines is 2. The maximum absolute atomic E-state index is 12.9. The number of para-hydroxylation sites is 2. The summed E-state index contributed by atoms with van der Waals surface area (Å²) in [7, 11) is 1.31. The number of esters is 1. The van der Waals surface area contributed by atoms with Crippen LogP contribution in [0.4, 0.5) is 17.1 Å². The van der Waals surface area contributed by atoms with Gasteiger partial charge in [0, 0.05) is 24.6 Å². The van der Waals surface area contributed by atoms with Gasteiger partial charge >= 0.3 is 5.97 Å². The van der Waals surface area contributed by atoms with Gasteiger partial charge in [0.15, 0.2) is 6.61 Å². The number of carbonyl (C=O) groups is 3. The van der Waals surface area contributed by atoms with Gasteiger partial charge in [0.25, 0.3) is 11.6 Å². The normalized spacial score (nSPS) is 15.5. The Bertz CT molecular complexity index is 1020. The Morgan fingerprint density at radius 1 is 1.27 bits per heavy atom. The van der Waals surface area contributed by atoms with E-state index in [-0.39, 0.29) is 29.3 Å². The average molecular weight is 413 g/mol. The fourth-order valence-electron chi connectivity index (χ4n) is 3.21. The molecule has 156 valence electrons. The van der Waals surface area contributed by atoms with E-state index in [1.165, 1.54) is 24.1 Å². The first-order valence-electron chi connectivity index (χ1n) is 9.02. The van der Waals surface area contributed by atoms with Crippen LogP contribution >= 0.6 is 0 Å². The van der Waals surface area contributed by atoms with Gasteiger partial charge in [0.05, 0.1) is 23.4 Å². The van der Waals surface area contributed by atoms with Gasteiger partial charge in [0.2, 0.25) is 5.91 Å². The third-order valence-corrected chi connectivity index (χ3v) is 4.57. The van der Waals surface area contributed by atoms with Crippen LogP contribution < -0.4 is 15.0 Å². The number of nitro benzene ring substituents is 1. The molecule has 0 aromatic heterocycles. The van der Waals surface area contributed by atoms with E-state index in [4.69, 9.17) is 9.47 Å². The van der Waals surface area contributed by atoms with Crippen molar-refractivity contribution in [1.82, 2.24) is 0 Å². The summed E-state index contributed by atoms with van der Waals surface area (Å²) in [6.07, 6.45) is 0.0765. The minimum absolute atomic E-state index is 0.0765. The van der Waals surface area contributed by atoms with Gasteiger partial charge in [-0.1, -0.05) is 12.1 Å². The molecule has 0 saturated heterocycles. The molecule has 1 aliphatic heterocycles. The maximum Gasteiger partial charge on any atom is 0.342 e. The van der Waals surface area contributed by atoms with Crippen molar-refractivity contribution in [2.24, 2.45) is 0 Å². The smallest absolute Gasteiger partial charge is 0.342 e. The number of nitrogens with zero attached hydrogens (tertiary/aromatic N) is 2. The fourth-order valence-corrected chi connectivity index (χ4v) is 3.21. The van der Waals surface area contributed by atoms with Gasteiger partial charge < -0.3 is 19.7 Å². The lowest BCUT2D eigenvalue weighted by atomic mass is 10.1. The zero-order valence-electron chi connectivity index (χ0n) is 16.3. The molecule has 0 fully saturated rings. The third kappa shape index (κ3) is 4.22. The Morgan fingerprint density at radius 2 is 2.00 bits per heavy atom. The number of methoxy groups -OCH3 is 1. The number of amides is 2. The summed E-state index contributed by atoms with van der Waals surface area (Å²) in [5.41, 5.74) is 0.492. The van der Waals surface area contributed by atoms with Crippen LogP contribution in [0.3, 0.4) is 0 Å². The lowest BCUT2D eigenvalue weighted by Crippen LogP contribution is -2.41. The number of rotatable bonds is 5. The number of fused-ring (bicyclic) bond motifs is 1. The van der Waals surface area contributed by atoms with E-state index in [1.54, 1.807) is 31.2 Å². The number of benzene rings is 2. The molecule has 0 unspecified atom stereocenters. The summed E-state index contributed by atoms with van der Waals surface area (Å²) in [4.78, 5) is 49.1. The molecule has 30 heavy (non-hydrogen) atoms. The second-order valence-corrected chi connectivity index (χ2v) is 6.60. The molecule has 0 spiro atoms. The van der Waals surface area contributed by atoms with Crippen LogP contribution in [0.25, 0.3) is 0 Å². The number of non-ortho nitro benzene ring substituents is 1. The second-order valence-electron chi connectivity index (χ2n) is 6.60. The number of ether oxygens (including phenoxy) is 2. The summed E-state index contributed by atoms with van der Waals surface area (Å²) >= 11 is 0. The largest absolute Gasteiger partial charge is 0.496 e. The van der Waals surface area contributed by atoms with Crippen LogP contribution in [0.1, 0.15) is 23.7 Å². The summed E-state index contributed by atoms with van der Waals surface area (Å²) in [6, 6.07) is 9.84. The predicted octanol–water partition coefficient (Wildman–Crippen LogP) is 2.52. The molecule has 1 atom stereocenters. The number of nitrogens with one attached hydrogen (secondary N) is 1. The van der Waals surface area contributed by atoms with Crippen molar-refractivity contribution in [3.05, 3.63) is 58.1 Å². The standard InChI is InChI=1S/C20H19N3O7/c1-12-9-18(24)21-15-5-3-4-6-16(15)22(12)19(25)11-30-20(26)14-10-13(23(27)28)7-8-17(14)29-2/h3-8,10,12H,9,11H2,1-2H3,(H,21,24)/t12-/m1/s1. The van der Waals surface area contributed by atoms with Crippen LogP contribution in [0.15, 0.2) is 42.5 Å². The lowest BCUT2D eigenvalue weighted by Gasteiger charge is -2.27. The molecule has 0 aliphatic carbocycles. The highest BCUT2D eigenvalue weighted by atomic mass is 16.6. The highest BCUT2D eigenvalue weighted by Gasteiger charge is 2.30. The SMILES string of the molecule is COc1ccc([N+](=O)[O-])cc1C(=O)OCC(=O)N1c2ccccc2NC(=O)C[C@H]1C. The first kappa shape index (κ1) is 20.8. The zero-order chi connectivity index (χ0) is 21.8. The van der Waals surface area contributed by atoms with Crippen molar-refractivity contribution in [2.45, 2.75) is 19.4 Å². The summed E-state index contributed by atoms with van der Waals surface area (Å²) in [5.74, 6) is -1.62. The Balaban J connectivity index is 1.80. The number of hydrogen-bond donors (Lipinski definition) is 1. The van der Waals surface area contributed by atoms with Crippen molar-refractivity contribution in [1.29, 1.82) is 0 Å². The molecule has 1 N–H and O–H groups in total. The van der Waals surface area contributed by atoms with Crippen LogP contribution in [-0.4, -0.2) is 42.5 Å². The van der Waals surface area contributed by atoms with Crippen LogP contribution in [0.5, 0.6) is 5.75 Å². The molecule has 10 heteroatoms. The summed E-state index contributed by atoms with van der Waals surface area (Å²) < 4.78 is 10.2. The highest BCUT2D eigenvalue weighted by molar-refractivity contribution is 6.05. The molecule has 1 heterocycles. The molecule has 3 rings (SSSR count). The van der Waals surface area contributed by atoms with Crippen LogP contribution in [0, 0.1) is 10.1 Å². The van der Waals surface area contributed by atoms with Crippen LogP contribution in [0.2, 0.25) is 0 Å². The average Bonchev–Trinajstić information content (AvgIpc) is 2.85. The van der Waals surface area contributed by atoms with E-state index >= 15 is 0 Å². The topological polar surface area (TPSA) is 128 Å². The van der Waals surface area contributed by atoms with E-state index in [2.05, 4.69) is 5.32 Å². The van der Waals surface area contributed by atoms with Crippen molar-refractivity contribution in [2.75, 3.05) is 23.9 Å². The Morgan fingerprint density at radius 3 is 2.70 bits per heavy atom. The number of hydrogen-bond acceptors (Lipinski definition) is 7. The zero-order valence-corrected chi connectivity index (χ0v) is 16.3. The summed E-state index contributed by atoms with van der Waals surface area (Å²) in [5, 5.41) is 13.7. The lowest BCUT2D eigenvalue weighted by molar-refractivity contribution is -0.384. The van der Waals surface area contributed by atoms with E-state index in [1.807, 2.05) is 0 Å². The molecule has 0 saturated carbocycles. The molecule has 1 aliphatic rings. The molecule has 2 aromatic rings. The monoisotopic (exact) mass is 413 g/mol. The molecular weight excluding hydrogens is 394 g/mol. The number of nitro groups is 1. The summed E-state index contributed by atoms with van der Waals surface area (Å²) in [6.45, 7) is 1.10. The molecule has 10 nitrogen and oxygen atoms in total. The second kappa shape index (κ2) is 8.60. The minimum atomic E-state index is -0.936. The Labute approximate surface area is 171 Å². The van der Waals surface area contributed by atoms with E-state index in [0.29, 0.717) is 11.4 Å². The quantitative estimate of drug-likeness (QED) is 0.453. The predicted molar refractivity (Wildman–Crippen MR) is 107 cm³/mol. The van der Waals surface area contributed by atoms with Gasteiger partial charge in [-0.3, -0.25) is 19.7 Å². The van der Waals surface area contributed by atoms with Gasteiger partial charge in [-0.05, 0) is 25.1 Å². The third-order valence-electron chi connectivity index (χ3n) is 4.57. The van der Waals surface area contributed by atoms with E-state index in [9.17, 15) is 24.5 Å². The van der Waals surface area contributed by atoms with Crippen molar-refractivity contribution in [3.63, 3.8) is 0 Å². The molecule has 2 amide bonds. The van der Waals surface area contributed by atoms with E-state index < -0.39 is 29.4 Å². The van der Waals surface area contributed by atoms with Gasteiger partial charge in [0.1, 0.15) is 11.3 Å². The van der Waals surface area contributed by atoms with Gasteiger partial charge in [-0.2, -0.15) is 0 Å². The molecule has 0 bridgehead atoms. The maximum atomic E-state index is 12.9. The number of carbonyl (C=O) groups excluding carboxylic acids is 3. The fraction of sp³-hybridized carbons (Fsp3) is 0.250. The first-order chi connectivity index (χ1) is 14.3. The minimum Gasteiger partial charge on any atom is -0.496 e. The van der Waals surface area contributed by atoms with Gasteiger partial charge in [-0.25, -0.2) is 4.79 Å². The molecular formula is C20H19N3O7. The first-order valence-corrected chi connectivity index (χ1v) is 9.02. The van der Waals surface area contributed by atoms with Crippen LogP contribution in [-0.2, 0) is 14.3 Å².